The molecule has 1 unspecified atom stereocenters. The topological polar surface area (TPSA) is 145 Å². The van der Waals surface area contributed by atoms with Gasteiger partial charge < -0.3 is 21.1 Å². The van der Waals surface area contributed by atoms with Gasteiger partial charge in [0.15, 0.2) is 11.7 Å². The van der Waals surface area contributed by atoms with Crippen molar-refractivity contribution >= 4 is 51.4 Å². The lowest BCUT2D eigenvalue weighted by molar-refractivity contribution is -0.120. The molecule has 2 heterocycles. The summed E-state index contributed by atoms with van der Waals surface area (Å²) in [4.78, 5) is 49.1. The predicted molar refractivity (Wildman–Crippen MR) is 147 cm³/mol. The van der Waals surface area contributed by atoms with Crippen molar-refractivity contribution in [2.24, 2.45) is 5.73 Å². The first-order valence-electron chi connectivity index (χ1n) is 11.7. The summed E-state index contributed by atoms with van der Waals surface area (Å²) in [5.74, 6) is -0.901. The van der Waals surface area contributed by atoms with E-state index in [1.165, 1.54) is 34.1 Å². The molecule has 0 spiro atoms. The maximum absolute atomic E-state index is 13.5. The molecule has 0 fully saturated rings. The predicted octanol–water partition coefficient (Wildman–Crippen LogP) is 3.54. The van der Waals surface area contributed by atoms with E-state index >= 15 is 0 Å². The van der Waals surface area contributed by atoms with Crippen LogP contribution in [0.25, 0.3) is 0 Å². The third-order valence-corrected chi connectivity index (χ3v) is 6.87. The number of carbonyl (C=O) groups excluding carboxylic acids is 3. The number of likely N-dealkylation sites (N-methyl/N-ethyl adjacent to an activating group) is 1. The molecule has 2 amide bonds. The fraction of sp³-hybridized carbons (Fsp3) is 0.148. The molecule has 0 aliphatic rings. The Bertz CT molecular complexity index is 1480. The Hall–Kier alpha value is -4.84. The molecule has 12 heteroatoms. The van der Waals surface area contributed by atoms with Crippen molar-refractivity contribution in [1.82, 2.24) is 9.97 Å². The number of halogens is 1. The molecule has 200 valence electrons. The van der Waals surface area contributed by atoms with Crippen LogP contribution >= 0.6 is 11.3 Å². The number of pyridine rings is 1. The number of anilines is 4. The van der Waals surface area contributed by atoms with Crippen molar-refractivity contribution in [2.75, 3.05) is 29.2 Å². The minimum absolute atomic E-state index is 0.0211. The van der Waals surface area contributed by atoms with Crippen LogP contribution in [0, 0.1) is 5.82 Å². The highest BCUT2D eigenvalue weighted by atomic mass is 32.1. The van der Waals surface area contributed by atoms with E-state index in [1.54, 1.807) is 62.6 Å². The highest BCUT2D eigenvalue weighted by Crippen LogP contribution is 2.36. The highest BCUT2D eigenvalue weighted by Gasteiger charge is 2.27. The molecule has 0 bridgehead atoms. The van der Waals surface area contributed by atoms with Crippen LogP contribution < -0.4 is 26.0 Å². The molecule has 0 saturated heterocycles. The van der Waals surface area contributed by atoms with Gasteiger partial charge in [0.25, 0.3) is 5.91 Å². The van der Waals surface area contributed by atoms with Gasteiger partial charge in [0, 0.05) is 24.5 Å². The molecular weight excluding hydrogens is 523 g/mol. The third kappa shape index (κ3) is 6.18. The molecule has 2 aromatic carbocycles. The number of ketones is 1. The van der Waals surface area contributed by atoms with Crippen LogP contribution in [-0.2, 0) is 9.59 Å². The number of benzene rings is 2. The molecule has 39 heavy (non-hydrogen) atoms. The molecule has 1 atom stereocenters. The molecule has 0 radical (unpaired) electrons. The zero-order chi connectivity index (χ0) is 28.1. The van der Waals surface area contributed by atoms with Crippen LogP contribution in [-0.4, -0.2) is 47.3 Å². The number of carbonyl (C=O) groups is 3. The minimum Gasteiger partial charge on any atom is -0.484 e. The van der Waals surface area contributed by atoms with Crippen LogP contribution in [0.1, 0.15) is 22.2 Å². The quantitative estimate of drug-likeness (QED) is 0.286. The van der Waals surface area contributed by atoms with Gasteiger partial charge in [-0.25, -0.2) is 14.4 Å². The number of hydrogen-bond acceptors (Lipinski definition) is 9. The van der Waals surface area contributed by atoms with Crippen LogP contribution in [0.5, 0.6) is 5.75 Å². The van der Waals surface area contributed by atoms with Crippen molar-refractivity contribution in [2.45, 2.75) is 13.0 Å². The van der Waals surface area contributed by atoms with Crippen molar-refractivity contribution in [3.8, 4) is 5.75 Å². The standard InChI is InChI=1S/C27H25FN6O4S/c1-16(26(30)37)34(19-10-8-18(28)9-11-19)27-32-25(29)24(39-27)23(36)17-6-12-20(13-7-17)38-15-22(35)33(2)21-5-3-4-14-31-21/h3-14,16H,15,29H2,1-2H3,(H2,30,37). The Morgan fingerprint density at radius 1 is 1.05 bits per heavy atom. The summed E-state index contributed by atoms with van der Waals surface area (Å²) in [7, 11) is 1.60. The number of amides is 2. The maximum Gasteiger partial charge on any atom is 0.265 e. The number of thiazole rings is 1. The average Bonchev–Trinajstić information content (AvgIpc) is 3.33. The van der Waals surface area contributed by atoms with E-state index in [0.717, 1.165) is 11.3 Å². The van der Waals surface area contributed by atoms with Gasteiger partial charge in [-0.3, -0.25) is 19.3 Å². The fourth-order valence-corrected chi connectivity index (χ4v) is 4.62. The summed E-state index contributed by atoms with van der Waals surface area (Å²) in [6.07, 6.45) is 1.59. The van der Waals surface area contributed by atoms with Gasteiger partial charge in [0.2, 0.25) is 11.7 Å². The van der Waals surface area contributed by atoms with E-state index in [4.69, 9.17) is 16.2 Å². The molecule has 2 aromatic heterocycles. The Morgan fingerprint density at radius 2 is 1.74 bits per heavy atom. The van der Waals surface area contributed by atoms with Crippen LogP contribution in [0.3, 0.4) is 0 Å². The zero-order valence-corrected chi connectivity index (χ0v) is 21.9. The first kappa shape index (κ1) is 27.2. The number of aromatic nitrogens is 2. The van der Waals surface area contributed by atoms with E-state index in [2.05, 4.69) is 9.97 Å². The van der Waals surface area contributed by atoms with Crippen molar-refractivity contribution < 1.29 is 23.5 Å². The Morgan fingerprint density at radius 3 is 2.36 bits per heavy atom. The second-order valence-electron chi connectivity index (χ2n) is 8.42. The number of nitrogens with two attached hydrogens (primary N) is 2. The third-order valence-electron chi connectivity index (χ3n) is 5.80. The van der Waals surface area contributed by atoms with Gasteiger partial charge in [-0.15, -0.1) is 0 Å². The largest absolute Gasteiger partial charge is 0.484 e. The Labute approximate surface area is 227 Å². The lowest BCUT2D eigenvalue weighted by Gasteiger charge is -2.26. The SMILES string of the molecule is CC(C(N)=O)N(c1ccc(F)cc1)c1nc(N)c(C(=O)c2ccc(OCC(=O)N(C)c3ccccn3)cc2)s1. The second-order valence-corrected chi connectivity index (χ2v) is 9.40. The summed E-state index contributed by atoms with van der Waals surface area (Å²) in [6, 6.07) is 16.1. The highest BCUT2D eigenvalue weighted by molar-refractivity contribution is 7.18. The smallest absolute Gasteiger partial charge is 0.265 e. The first-order valence-corrected chi connectivity index (χ1v) is 12.5. The van der Waals surface area contributed by atoms with E-state index in [9.17, 15) is 18.8 Å². The van der Waals surface area contributed by atoms with Crippen molar-refractivity contribution in [3.63, 3.8) is 0 Å². The van der Waals surface area contributed by atoms with Crippen LogP contribution in [0.4, 0.5) is 26.8 Å². The van der Waals surface area contributed by atoms with Gasteiger partial charge in [-0.1, -0.05) is 17.4 Å². The Balaban J connectivity index is 1.49. The normalized spacial score (nSPS) is 11.5. The molecule has 4 N–H and O–H groups in total. The first-order chi connectivity index (χ1) is 18.7. The van der Waals surface area contributed by atoms with E-state index in [0.29, 0.717) is 22.8 Å². The number of ether oxygens (including phenoxy) is 1. The van der Waals surface area contributed by atoms with Crippen LogP contribution in [0.2, 0.25) is 0 Å². The minimum atomic E-state index is -0.847. The van der Waals surface area contributed by atoms with Gasteiger partial charge >= 0.3 is 0 Å². The van der Waals surface area contributed by atoms with Gasteiger partial charge in [0.1, 0.15) is 34.1 Å². The molecule has 4 rings (SSSR count). The number of primary amides is 1. The summed E-state index contributed by atoms with van der Waals surface area (Å²) >= 11 is 0.986. The molecule has 10 nitrogen and oxygen atoms in total. The number of rotatable bonds is 10. The number of nitrogens with zero attached hydrogens (tertiary/aromatic N) is 4. The number of nitrogen functional groups attached to an aromatic ring is 1. The zero-order valence-electron chi connectivity index (χ0n) is 21.1. The summed E-state index contributed by atoms with van der Waals surface area (Å²) in [5.41, 5.74) is 12.4. The van der Waals surface area contributed by atoms with Gasteiger partial charge in [-0.05, 0) is 67.6 Å². The molecule has 0 saturated carbocycles. The van der Waals surface area contributed by atoms with Crippen LogP contribution in [0.15, 0.2) is 72.9 Å². The van der Waals surface area contributed by atoms with E-state index < -0.39 is 17.8 Å². The molecule has 4 aromatic rings. The summed E-state index contributed by atoms with van der Waals surface area (Å²) in [5, 5.41) is 0.254. The molecule has 0 aliphatic heterocycles. The monoisotopic (exact) mass is 548 g/mol. The lowest BCUT2D eigenvalue weighted by Crippen LogP contribution is -2.39. The Kier molecular flexibility index (Phi) is 8.15. The fourth-order valence-electron chi connectivity index (χ4n) is 3.57. The lowest BCUT2D eigenvalue weighted by atomic mass is 10.1. The summed E-state index contributed by atoms with van der Waals surface area (Å²) in [6.45, 7) is 1.35. The maximum atomic E-state index is 13.5. The van der Waals surface area contributed by atoms with E-state index in [-0.39, 0.29) is 34.1 Å². The van der Waals surface area contributed by atoms with Gasteiger partial charge in [-0.2, -0.15) is 0 Å². The average molecular weight is 549 g/mol. The van der Waals surface area contributed by atoms with E-state index in [1.807, 2.05) is 0 Å². The van der Waals surface area contributed by atoms with Gasteiger partial charge in [0.05, 0.1) is 0 Å². The molecular formula is C27H25FN6O4S. The number of hydrogen-bond donors (Lipinski definition) is 2. The summed E-state index contributed by atoms with van der Waals surface area (Å²) < 4.78 is 19.1. The van der Waals surface area contributed by atoms with Crippen molar-refractivity contribution in [1.29, 1.82) is 0 Å². The second kappa shape index (κ2) is 11.7. The van der Waals surface area contributed by atoms with Crippen molar-refractivity contribution in [3.05, 3.63) is 89.2 Å². The molecule has 0 aliphatic carbocycles.